The number of methoxy groups -OCH3 is 1. The highest BCUT2D eigenvalue weighted by Crippen LogP contribution is 2.27. The summed E-state index contributed by atoms with van der Waals surface area (Å²) in [5.74, 6) is 1.18. The fourth-order valence-corrected chi connectivity index (χ4v) is 2.56. The molecule has 1 fully saturated rings. The standard InChI is InChI=1S/C17H23N3O3/c1-5-23-17(21)11-12(2)18-15-7-6-10-20(15)14-8-9-16(22-4)19-13(14)3/h8-9,11H,5-7,10H2,1-4H3/b12-11+,18-15?. The van der Waals surface area contributed by atoms with Gasteiger partial charge in [0.1, 0.15) is 5.84 Å². The van der Waals surface area contributed by atoms with Gasteiger partial charge < -0.3 is 14.4 Å². The van der Waals surface area contributed by atoms with Crippen LogP contribution in [0.5, 0.6) is 5.88 Å². The van der Waals surface area contributed by atoms with Crippen LogP contribution >= 0.6 is 0 Å². The lowest BCUT2D eigenvalue weighted by molar-refractivity contribution is -0.137. The molecule has 1 aliphatic heterocycles. The molecule has 1 aliphatic rings. The Bertz CT molecular complexity index is 638. The number of nitrogens with zero attached hydrogens (tertiary/aromatic N) is 3. The third-order valence-corrected chi connectivity index (χ3v) is 3.54. The van der Waals surface area contributed by atoms with Gasteiger partial charge in [0, 0.05) is 30.8 Å². The molecule has 0 saturated carbocycles. The Morgan fingerprint density at radius 2 is 2.26 bits per heavy atom. The van der Waals surface area contributed by atoms with E-state index in [-0.39, 0.29) is 5.97 Å². The third-order valence-electron chi connectivity index (χ3n) is 3.54. The molecule has 6 nitrogen and oxygen atoms in total. The van der Waals surface area contributed by atoms with E-state index < -0.39 is 0 Å². The first-order valence-corrected chi connectivity index (χ1v) is 7.77. The Hall–Kier alpha value is -2.37. The van der Waals surface area contributed by atoms with Crippen molar-refractivity contribution in [3.05, 3.63) is 29.6 Å². The maximum Gasteiger partial charge on any atom is 0.332 e. The third kappa shape index (κ3) is 4.31. The van der Waals surface area contributed by atoms with Crippen LogP contribution in [0.25, 0.3) is 0 Å². The second-order valence-corrected chi connectivity index (χ2v) is 5.28. The number of anilines is 1. The van der Waals surface area contributed by atoms with Gasteiger partial charge >= 0.3 is 5.97 Å². The topological polar surface area (TPSA) is 64.0 Å². The van der Waals surface area contributed by atoms with Crippen molar-refractivity contribution < 1.29 is 14.3 Å². The van der Waals surface area contributed by atoms with Gasteiger partial charge in [-0.3, -0.25) is 0 Å². The Labute approximate surface area is 136 Å². The number of aromatic nitrogens is 1. The molecule has 0 atom stereocenters. The largest absolute Gasteiger partial charge is 0.481 e. The second kappa shape index (κ2) is 7.76. The number of allylic oxidation sites excluding steroid dienone is 1. The molecule has 1 aromatic rings. The Morgan fingerprint density at radius 1 is 1.48 bits per heavy atom. The van der Waals surface area contributed by atoms with Crippen LogP contribution in [-0.4, -0.2) is 37.1 Å². The predicted molar refractivity (Wildman–Crippen MR) is 89.9 cm³/mol. The minimum atomic E-state index is -0.360. The van der Waals surface area contributed by atoms with Crippen LogP contribution in [0, 0.1) is 6.92 Å². The first kappa shape index (κ1) is 17.0. The Balaban J connectivity index is 2.23. The maximum atomic E-state index is 11.5. The van der Waals surface area contributed by atoms with Crippen molar-refractivity contribution in [1.29, 1.82) is 0 Å². The van der Waals surface area contributed by atoms with Gasteiger partial charge in [-0.2, -0.15) is 0 Å². The highest BCUT2D eigenvalue weighted by molar-refractivity contribution is 6.01. The van der Waals surface area contributed by atoms with Crippen LogP contribution in [0.1, 0.15) is 32.4 Å². The number of ether oxygens (including phenoxy) is 2. The van der Waals surface area contributed by atoms with E-state index in [1.807, 2.05) is 19.1 Å². The summed E-state index contributed by atoms with van der Waals surface area (Å²) in [5, 5.41) is 0. The minimum absolute atomic E-state index is 0.360. The van der Waals surface area contributed by atoms with Crippen LogP contribution in [-0.2, 0) is 9.53 Å². The number of aliphatic imine (C=N–C) groups is 1. The van der Waals surface area contributed by atoms with E-state index in [0.717, 1.165) is 36.6 Å². The molecule has 0 bridgehead atoms. The lowest BCUT2D eigenvalue weighted by Gasteiger charge is -2.21. The van der Waals surface area contributed by atoms with Gasteiger partial charge in [0.15, 0.2) is 0 Å². The molecule has 6 heteroatoms. The van der Waals surface area contributed by atoms with E-state index in [0.29, 0.717) is 18.2 Å². The molecule has 0 aliphatic carbocycles. The molecule has 124 valence electrons. The van der Waals surface area contributed by atoms with E-state index in [9.17, 15) is 4.79 Å². The number of amidine groups is 1. The van der Waals surface area contributed by atoms with Gasteiger partial charge in [0.2, 0.25) is 5.88 Å². The fourth-order valence-electron chi connectivity index (χ4n) is 2.56. The number of hydrogen-bond acceptors (Lipinski definition) is 5. The normalized spacial score (nSPS) is 16.8. The van der Waals surface area contributed by atoms with E-state index in [1.165, 1.54) is 6.08 Å². The lowest BCUT2D eigenvalue weighted by atomic mass is 10.3. The summed E-state index contributed by atoms with van der Waals surface area (Å²) in [6, 6.07) is 3.84. The van der Waals surface area contributed by atoms with Crippen molar-refractivity contribution in [1.82, 2.24) is 4.98 Å². The molecule has 0 N–H and O–H groups in total. The van der Waals surface area contributed by atoms with Crippen molar-refractivity contribution in [3.8, 4) is 5.88 Å². The molecule has 2 heterocycles. The van der Waals surface area contributed by atoms with Crippen molar-refractivity contribution >= 4 is 17.5 Å². The van der Waals surface area contributed by atoms with Crippen LogP contribution in [0.3, 0.4) is 0 Å². The molecule has 2 rings (SSSR count). The van der Waals surface area contributed by atoms with Crippen LogP contribution in [0.15, 0.2) is 28.9 Å². The zero-order valence-corrected chi connectivity index (χ0v) is 14.1. The van der Waals surface area contributed by atoms with Gasteiger partial charge in [-0.05, 0) is 33.3 Å². The van der Waals surface area contributed by atoms with Crippen molar-refractivity contribution in [2.75, 3.05) is 25.2 Å². The van der Waals surface area contributed by atoms with E-state index in [4.69, 9.17) is 9.47 Å². The average molecular weight is 317 g/mol. The van der Waals surface area contributed by atoms with E-state index in [2.05, 4.69) is 14.9 Å². The molecule has 0 amide bonds. The monoisotopic (exact) mass is 317 g/mol. The van der Waals surface area contributed by atoms with Crippen molar-refractivity contribution in [2.45, 2.75) is 33.6 Å². The van der Waals surface area contributed by atoms with Crippen LogP contribution < -0.4 is 9.64 Å². The minimum Gasteiger partial charge on any atom is -0.481 e. The van der Waals surface area contributed by atoms with Gasteiger partial charge in [0.05, 0.1) is 25.1 Å². The Kier molecular flexibility index (Phi) is 5.73. The van der Waals surface area contributed by atoms with Crippen molar-refractivity contribution in [3.63, 3.8) is 0 Å². The second-order valence-electron chi connectivity index (χ2n) is 5.28. The van der Waals surface area contributed by atoms with Gasteiger partial charge in [-0.15, -0.1) is 0 Å². The number of aryl methyl sites for hydroxylation is 1. The Morgan fingerprint density at radius 3 is 2.91 bits per heavy atom. The van der Waals surface area contributed by atoms with Gasteiger partial charge in [-0.25, -0.2) is 14.8 Å². The molecule has 0 radical (unpaired) electrons. The average Bonchev–Trinajstić information content (AvgIpc) is 2.94. The number of rotatable bonds is 5. The van der Waals surface area contributed by atoms with E-state index >= 15 is 0 Å². The summed E-state index contributed by atoms with van der Waals surface area (Å²) in [4.78, 5) is 22.6. The SMILES string of the molecule is CCOC(=O)/C=C(\C)N=C1CCCN1c1ccc(OC)nc1C. The first-order chi connectivity index (χ1) is 11.0. The highest BCUT2D eigenvalue weighted by atomic mass is 16.5. The molecular formula is C17H23N3O3. The molecular weight excluding hydrogens is 294 g/mol. The fraction of sp³-hybridized carbons (Fsp3) is 0.471. The highest BCUT2D eigenvalue weighted by Gasteiger charge is 2.22. The molecule has 0 aromatic carbocycles. The summed E-state index contributed by atoms with van der Waals surface area (Å²) >= 11 is 0. The van der Waals surface area contributed by atoms with Gasteiger partial charge in [0.25, 0.3) is 0 Å². The number of carbonyl (C=O) groups excluding carboxylic acids is 1. The molecule has 0 unspecified atom stereocenters. The predicted octanol–water partition coefficient (Wildman–Crippen LogP) is 2.86. The quantitative estimate of drug-likeness (QED) is 0.617. The summed E-state index contributed by atoms with van der Waals surface area (Å²) in [7, 11) is 1.60. The number of hydrogen-bond donors (Lipinski definition) is 0. The zero-order chi connectivity index (χ0) is 16.8. The van der Waals surface area contributed by atoms with Gasteiger partial charge in [-0.1, -0.05) is 0 Å². The molecule has 1 saturated heterocycles. The smallest absolute Gasteiger partial charge is 0.332 e. The summed E-state index contributed by atoms with van der Waals surface area (Å²) in [6.07, 6.45) is 3.32. The zero-order valence-electron chi connectivity index (χ0n) is 14.1. The summed E-state index contributed by atoms with van der Waals surface area (Å²) in [6.45, 7) is 6.79. The summed E-state index contributed by atoms with van der Waals surface area (Å²) < 4.78 is 10.1. The number of pyridine rings is 1. The lowest BCUT2D eigenvalue weighted by Crippen LogP contribution is -2.25. The van der Waals surface area contributed by atoms with Crippen LogP contribution in [0.4, 0.5) is 5.69 Å². The number of esters is 1. The van der Waals surface area contributed by atoms with Crippen molar-refractivity contribution in [2.24, 2.45) is 4.99 Å². The molecule has 23 heavy (non-hydrogen) atoms. The molecule has 0 spiro atoms. The number of carbonyl (C=O) groups is 1. The van der Waals surface area contributed by atoms with Crippen LogP contribution in [0.2, 0.25) is 0 Å². The van der Waals surface area contributed by atoms with E-state index in [1.54, 1.807) is 21.0 Å². The molecule has 1 aromatic heterocycles. The first-order valence-electron chi connectivity index (χ1n) is 7.77. The summed E-state index contributed by atoms with van der Waals surface area (Å²) in [5.41, 5.74) is 2.56. The maximum absolute atomic E-state index is 11.5.